The second-order valence-corrected chi connectivity index (χ2v) is 8.87. The Hall–Kier alpha value is -4.93. The summed E-state index contributed by atoms with van der Waals surface area (Å²) in [5.41, 5.74) is 2.35. The van der Waals surface area contributed by atoms with E-state index in [2.05, 4.69) is 12.1 Å². The molecule has 178 valence electrons. The second kappa shape index (κ2) is 9.97. The topological polar surface area (TPSA) is 73.9 Å². The van der Waals surface area contributed by atoms with Gasteiger partial charge in [0.25, 0.3) is 0 Å². The Morgan fingerprint density at radius 3 is 1.97 bits per heavy atom. The first-order chi connectivity index (χ1) is 18.1. The number of allylic oxidation sites excluding steroid dienone is 2. The van der Waals surface area contributed by atoms with Crippen molar-refractivity contribution in [1.82, 2.24) is 0 Å². The van der Waals surface area contributed by atoms with Gasteiger partial charge in [-0.3, -0.25) is 0 Å². The molecule has 37 heavy (non-hydrogen) atoms. The van der Waals surface area contributed by atoms with Crippen LogP contribution >= 0.6 is 0 Å². The van der Waals surface area contributed by atoms with Crippen LogP contribution in [-0.4, -0.2) is 12.6 Å². The smallest absolute Gasteiger partial charge is 0.334 e. The summed E-state index contributed by atoms with van der Waals surface area (Å²) < 4.78 is 5.46. The van der Waals surface area contributed by atoms with Gasteiger partial charge in [0, 0.05) is 5.57 Å². The summed E-state index contributed by atoms with van der Waals surface area (Å²) in [5.74, 6) is -1.35. The van der Waals surface area contributed by atoms with Gasteiger partial charge in [0.1, 0.15) is 0 Å². The number of esters is 1. The molecule has 0 spiro atoms. The number of carbonyl (C=O) groups is 1. The van der Waals surface area contributed by atoms with Crippen molar-refractivity contribution in [2.75, 3.05) is 6.61 Å². The molecule has 4 nitrogen and oxygen atoms in total. The van der Waals surface area contributed by atoms with Gasteiger partial charge in [0.15, 0.2) is 5.41 Å². The number of rotatable bonds is 5. The third-order valence-corrected chi connectivity index (χ3v) is 6.86. The van der Waals surface area contributed by atoms with Gasteiger partial charge in [-0.1, -0.05) is 103 Å². The number of nitriles is 2. The normalized spacial score (nSPS) is 15.9. The number of carbonyl (C=O) groups excluding carboxylic acids is 1. The van der Waals surface area contributed by atoms with Crippen LogP contribution in [0.2, 0.25) is 0 Å². The zero-order valence-electron chi connectivity index (χ0n) is 20.4. The van der Waals surface area contributed by atoms with Gasteiger partial charge in [-0.05, 0) is 51.6 Å². The fourth-order valence-corrected chi connectivity index (χ4v) is 5.27. The average molecular weight is 481 g/mol. The number of nitrogens with zero attached hydrogens (tertiary/aromatic N) is 2. The molecular formula is C33H24N2O2. The van der Waals surface area contributed by atoms with E-state index >= 15 is 0 Å². The highest BCUT2D eigenvalue weighted by molar-refractivity contribution is 5.99. The molecule has 0 N–H and O–H groups in total. The van der Waals surface area contributed by atoms with Gasteiger partial charge in [0.2, 0.25) is 0 Å². The maximum Gasteiger partial charge on any atom is 0.334 e. The zero-order chi connectivity index (χ0) is 25.8. The molecule has 0 fully saturated rings. The van der Waals surface area contributed by atoms with E-state index in [0.717, 1.165) is 33.0 Å². The van der Waals surface area contributed by atoms with Crippen LogP contribution < -0.4 is 0 Å². The third-order valence-electron chi connectivity index (χ3n) is 6.86. The molecule has 1 aliphatic rings. The van der Waals surface area contributed by atoms with Gasteiger partial charge >= 0.3 is 5.97 Å². The van der Waals surface area contributed by atoms with E-state index in [1.54, 1.807) is 13.0 Å². The standard InChI is InChI=1S/C33H24N2O2/c1-2-37-32(36)28-20-29(30(24-13-5-3-6-14-24)25-15-7-4-8-16-25)33(21-34,22-35)31(28)27-19-11-17-23-12-9-10-18-26(23)27/h3-20,31H,2H2,1H3. The molecule has 4 aromatic rings. The predicted molar refractivity (Wildman–Crippen MR) is 144 cm³/mol. The number of benzene rings is 4. The fourth-order valence-electron chi connectivity index (χ4n) is 5.27. The highest BCUT2D eigenvalue weighted by atomic mass is 16.5. The highest BCUT2D eigenvalue weighted by Crippen LogP contribution is 2.56. The Bertz CT molecular complexity index is 1560. The zero-order valence-corrected chi connectivity index (χ0v) is 20.4. The number of ether oxygens (including phenoxy) is 1. The van der Waals surface area contributed by atoms with Crippen LogP contribution in [0.4, 0.5) is 0 Å². The van der Waals surface area contributed by atoms with E-state index in [9.17, 15) is 15.3 Å². The summed E-state index contributed by atoms with van der Waals surface area (Å²) >= 11 is 0. The quantitative estimate of drug-likeness (QED) is 0.289. The Morgan fingerprint density at radius 1 is 0.811 bits per heavy atom. The van der Waals surface area contributed by atoms with Crippen molar-refractivity contribution in [3.63, 3.8) is 0 Å². The Morgan fingerprint density at radius 2 is 1.38 bits per heavy atom. The van der Waals surface area contributed by atoms with Crippen LogP contribution in [0.5, 0.6) is 0 Å². The molecule has 0 radical (unpaired) electrons. The van der Waals surface area contributed by atoms with E-state index in [0.29, 0.717) is 11.1 Å². The van der Waals surface area contributed by atoms with Gasteiger partial charge < -0.3 is 4.74 Å². The molecule has 0 bridgehead atoms. The van der Waals surface area contributed by atoms with Crippen molar-refractivity contribution in [1.29, 1.82) is 10.5 Å². The van der Waals surface area contributed by atoms with Crippen molar-refractivity contribution in [2.24, 2.45) is 5.41 Å². The fraction of sp³-hybridized carbons (Fsp3) is 0.121. The van der Waals surface area contributed by atoms with Gasteiger partial charge in [-0.25, -0.2) is 4.79 Å². The van der Waals surface area contributed by atoms with E-state index in [-0.39, 0.29) is 6.61 Å². The highest BCUT2D eigenvalue weighted by Gasteiger charge is 2.53. The minimum atomic E-state index is -1.66. The lowest BCUT2D eigenvalue weighted by atomic mass is 9.68. The molecule has 0 heterocycles. The van der Waals surface area contributed by atoms with E-state index in [1.807, 2.05) is 103 Å². The summed E-state index contributed by atoms with van der Waals surface area (Å²) in [7, 11) is 0. The summed E-state index contributed by atoms with van der Waals surface area (Å²) in [6.45, 7) is 1.94. The lowest BCUT2D eigenvalue weighted by molar-refractivity contribution is -0.138. The summed E-state index contributed by atoms with van der Waals surface area (Å²) in [5, 5.41) is 23.4. The summed E-state index contributed by atoms with van der Waals surface area (Å²) in [6, 6.07) is 37.7. The van der Waals surface area contributed by atoms with Crippen molar-refractivity contribution in [2.45, 2.75) is 12.8 Å². The summed E-state index contributed by atoms with van der Waals surface area (Å²) in [4.78, 5) is 13.4. The first-order valence-electron chi connectivity index (χ1n) is 12.2. The monoisotopic (exact) mass is 480 g/mol. The van der Waals surface area contributed by atoms with Gasteiger partial charge in [-0.15, -0.1) is 0 Å². The Labute approximate surface area is 216 Å². The van der Waals surface area contributed by atoms with Crippen LogP contribution in [0.25, 0.3) is 16.3 Å². The number of fused-ring (bicyclic) bond motifs is 1. The molecule has 0 aliphatic heterocycles. The first-order valence-corrected chi connectivity index (χ1v) is 12.2. The van der Waals surface area contributed by atoms with Crippen LogP contribution in [0.15, 0.2) is 120 Å². The lowest BCUT2D eigenvalue weighted by Crippen LogP contribution is -2.27. The Balaban J connectivity index is 1.90. The molecular weight excluding hydrogens is 456 g/mol. The van der Waals surface area contributed by atoms with E-state index < -0.39 is 17.3 Å². The van der Waals surface area contributed by atoms with Crippen LogP contribution in [0.3, 0.4) is 0 Å². The van der Waals surface area contributed by atoms with Gasteiger partial charge in [-0.2, -0.15) is 10.5 Å². The second-order valence-electron chi connectivity index (χ2n) is 8.87. The Kier molecular flexibility index (Phi) is 6.42. The largest absolute Gasteiger partial charge is 0.463 e. The minimum absolute atomic E-state index is 0.188. The molecule has 0 saturated carbocycles. The maximum atomic E-state index is 13.4. The molecule has 4 aromatic carbocycles. The average Bonchev–Trinajstić information content (AvgIpc) is 3.29. The van der Waals surface area contributed by atoms with E-state index in [1.165, 1.54) is 0 Å². The molecule has 1 aliphatic carbocycles. The number of hydrogen-bond acceptors (Lipinski definition) is 4. The van der Waals surface area contributed by atoms with Gasteiger partial charge in [0.05, 0.1) is 24.7 Å². The van der Waals surface area contributed by atoms with E-state index in [4.69, 9.17) is 4.74 Å². The molecule has 0 aromatic heterocycles. The summed E-state index contributed by atoms with van der Waals surface area (Å²) in [6.07, 6.45) is 1.71. The van der Waals surface area contributed by atoms with Crippen molar-refractivity contribution in [3.8, 4) is 12.1 Å². The van der Waals surface area contributed by atoms with Crippen molar-refractivity contribution < 1.29 is 9.53 Å². The third kappa shape index (κ3) is 3.99. The van der Waals surface area contributed by atoms with Crippen molar-refractivity contribution in [3.05, 3.63) is 137 Å². The van der Waals surface area contributed by atoms with Crippen LogP contribution in [0, 0.1) is 28.1 Å². The lowest BCUT2D eigenvalue weighted by Gasteiger charge is -2.28. The maximum absolute atomic E-state index is 13.4. The first kappa shape index (κ1) is 23.8. The SMILES string of the molecule is CCOC(=O)C1=CC(=C(c2ccccc2)c2ccccc2)C(C#N)(C#N)C1c1cccc2ccccc12. The molecule has 1 atom stereocenters. The predicted octanol–water partition coefficient (Wildman–Crippen LogP) is 6.96. The molecule has 1 unspecified atom stereocenters. The molecule has 0 amide bonds. The molecule has 4 heteroatoms. The molecule has 0 saturated heterocycles. The molecule has 5 rings (SSSR count). The number of hydrogen-bond donors (Lipinski definition) is 0. The minimum Gasteiger partial charge on any atom is -0.463 e. The van der Waals surface area contributed by atoms with Crippen LogP contribution in [0.1, 0.15) is 29.5 Å². The van der Waals surface area contributed by atoms with Crippen LogP contribution in [-0.2, 0) is 9.53 Å². The van der Waals surface area contributed by atoms with Crippen molar-refractivity contribution >= 4 is 22.3 Å².